The zero-order valence-electron chi connectivity index (χ0n) is 10.6. The van der Waals surface area contributed by atoms with Gasteiger partial charge in [0.15, 0.2) is 0 Å². The molecule has 3 nitrogen and oxygen atoms in total. The van der Waals surface area contributed by atoms with Gasteiger partial charge in [0.1, 0.15) is 9.84 Å². The fraction of sp³-hybridized carbons (Fsp3) is 0.667. The molecular formula is C12H18INO2S2. The van der Waals surface area contributed by atoms with E-state index in [0.717, 1.165) is 6.42 Å². The summed E-state index contributed by atoms with van der Waals surface area (Å²) in [4.78, 5) is 1.47. The van der Waals surface area contributed by atoms with Gasteiger partial charge in [-0.05, 0) is 60.4 Å². The lowest BCUT2D eigenvalue weighted by atomic mass is 9.93. The summed E-state index contributed by atoms with van der Waals surface area (Å²) in [6.45, 7) is 1.95. The minimum absolute atomic E-state index is 0.00788. The first-order valence-corrected chi connectivity index (χ1v) is 10.0. The van der Waals surface area contributed by atoms with E-state index in [2.05, 4.69) is 34.0 Å². The quantitative estimate of drug-likeness (QED) is 0.793. The van der Waals surface area contributed by atoms with Gasteiger partial charge in [-0.15, -0.1) is 11.3 Å². The molecule has 0 saturated heterocycles. The lowest BCUT2D eigenvalue weighted by Gasteiger charge is -2.26. The van der Waals surface area contributed by atoms with Crippen molar-refractivity contribution in [2.75, 3.05) is 12.0 Å². The standard InChI is InChI=1S/C12H18INO2S2/c1-8(7-18(2,15)16)14-10-4-3-5-11-9(10)6-12(13)17-11/h6,8,10,14H,3-5,7H2,1-2H3. The van der Waals surface area contributed by atoms with Gasteiger partial charge in [0.25, 0.3) is 0 Å². The Morgan fingerprint density at radius 3 is 3.00 bits per heavy atom. The highest BCUT2D eigenvalue weighted by Crippen LogP contribution is 2.36. The number of thiophene rings is 1. The van der Waals surface area contributed by atoms with Gasteiger partial charge >= 0.3 is 0 Å². The van der Waals surface area contributed by atoms with Crippen LogP contribution < -0.4 is 5.32 Å². The molecule has 0 saturated carbocycles. The minimum atomic E-state index is -2.91. The van der Waals surface area contributed by atoms with Crippen LogP contribution in [0.5, 0.6) is 0 Å². The van der Waals surface area contributed by atoms with Crippen molar-refractivity contribution in [2.45, 2.75) is 38.3 Å². The van der Waals surface area contributed by atoms with Crippen LogP contribution in [-0.2, 0) is 16.3 Å². The van der Waals surface area contributed by atoms with Crippen LogP contribution in [0.2, 0.25) is 0 Å². The van der Waals surface area contributed by atoms with E-state index in [4.69, 9.17) is 0 Å². The van der Waals surface area contributed by atoms with Crippen molar-refractivity contribution in [2.24, 2.45) is 0 Å². The van der Waals surface area contributed by atoms with Crippen molar-refractivity contribution >= 4 is 43.8 Å². The maximum Gasteiger partial charge on any atom is 0.148 e. The third-order valence-electron chi connectivity index (χ3n) is 3.12. The summed E-state index contributed by atoms with van der Waals surface area (Å²) < 4.78 is 23.9. The highest BCUT2D eigenvalue weighted by atomic mass is 127. The number of aryl methyl sites for hydroxylation is 1. The van der Waals surface area contributed by atoms with Crippen molar-refractivity contribution in [1.29, 1.82) is 0 Å². The first-order chi connectivity index (χ1) is 8.35. The predicted molar refractivity (Wildman–Crippen MR) is 85.0 cm³/mol. The van der Waals surface area contributed by atoms with E-state index < -0.39 is 9.84 Å². The molecule has 1 aliphatic rings. The number of fused-ring (bicyclic) bond motifs is 1. The molecule has 1 heterocycles. The molecule has 1 aromatic rings. The molecule has 1 aromatic heterocycles. The van der Waals surface area contributed by atoms with E-state index in [1.165, 1.54) is 32.4 Å². The molecule has 2 rings (SSSR count). The Kier molecular flexibility index (Phi) is 4.72. The van der Waals surface area contributed by atoms with Gasteiger partial charge < -0.3 is 5.32 Å². The number of halogens is 1. The molecular weight excluding hydrogens is 381 g/mol. The Morgan fingerprint density at radius 1 is 1.61 bits per heavy atom. The summed E-state index contributed by atoms with van der Waals surface area (Å²) >= 11 is 4.22. The lowest BCUT2D eigenvalue weighted by molar-refractivity contribution is 0.425. The molecule has 6 heteroatoms. The van der Waals surface area contributed by atoms with Crippen LogP contribution >= 0.6 is 33.9 Å². The Bertz CT molecular complexity index is 524. The number of nitrogens with one attached hydrogen (secondary N) is 1. The van der Waals surface area contributed by atoms with Crippen molar-refractivity contribution < 1.29 is 8.42 Å². The molecule has 2 unspecified atom stereocenters. The smallest absolute Gasteiger partial charge is 0.148 e. The van der Waals surface area contributed by atoms with Gasteiger partial charge in [-0.3, -0.25) is 0 Å². The zero-order chi connectivity index (χ0) is 13.3. The molecule has 18 heavy (non-hydrogen) atoms. The summed E-state index contributed by atoms with van der Waals surface area (Å²) in [5.74, 6) is 0.208. The molecule has 1 aliphatic carbocycles. The third-order valence-corrected chi connectivity index (χ3v) is 6.20. The second kappa shape index (κ2) is 5.76. The van der Waals surface area contributed by atoms with Crippen molar-refractivity contribution in [3.05, 3.63) is 19.4 Å². The van der Waals surface area contributed by atoms with E-state index in [1.54, 1.807) is 0 Å². The van der Waals surface area contributed by atoms with Crippen molar-refractivity contribution in [3.8, 4) is 0 Å². The zero-order valence-corrected chi connectivity index (χ0v) is 14.4. The molecule has 0 aliphatic heterocycles. The fourth-order valence-corrected chi connectivity index (χ4v) is 5.66. The van der Waals surface area contributed by atoms with Gasteiger partial charge in [-0.2, -0.15) is 0 Å². The minimum Gasteiger partial charge on any atom is -0.306 e. The van der Waals surface area contributed by atoms with Crippen LogP contribution in [0.4, 0.5) is 0 Å². The second-order valence-electron chi connectivity index (χ2n) is 5.03. The molecule has 2 atom stereocenters. The summed E-state index contributed by atoms with van der Waals surface area (Å²) in [5, 5.41) is 3.47. The number of hydrogen-bond donors (Lipinski definition) is 1. The van der Waals surface area contributed by atoms with Crippen LogP contribution in [0.3, 0.4) is 0 Å². The van der Waals surface area contributed by atoms with E-state index in [0.29, 0.717) is 6.04 Å². The first kappa shape index (κ1) is 14.7. The molecule has 1 N–H and O–H groups in total. The SMILES string of the molecule is CC(CS(C)(=O)=O)NC1CCCc2sc(I)cc21. The number of hydrogen-bond acceptors (Lipinski definition) is 4. The maximum atomic E-state index is 11.3. The van der Waals surface area contributed by atoms with E-state index >= 15 is 0 Å². The van der Waals surface area contributed by atoms with Crippen LogP contribution in [0.15, 0.2) is 6.07 Å². The summed E-state index contributed by atoms with van der Waals surface area (Å²) in [6, 6.07) is 2.57. The number of rotatable bonds is 4. The Morgan fingerprint density at radius 2 is 2.33 bits per heavy atom. The van der Waals surface area contributed by atoms with Crippen LogP contribution in [0.1, 0.15) is 36.2 Å². The highest BCUT2D eigenvalue weighted by Gasteiger charge is 2.24. The third kappa shape index (κ3) is 3.91. The van der Waals surface area contributed by atoms with E-state index in [1.807, 2.05) is 18.3 Å². The molecule has 0 radical (unpaired) electrons. The largest absolute Gasteiger partial charge is 0.306 e. The normalized spacial score (nSPS) is 21.6. The fourth-order valence-electron chi connectivity index (χ4n) is 2.54. The maximum absolute atomic E-state index is 11.3. The van der Waals surface area contributed by atoms with Crippen molar-refractivity contribution in [3.63, 3.8) is 0 Å². The first-order valence-electron chi connectivity index (χ1n) is 6.07. The van der Waals surface area contributed by atoms with Crippen LogP contribution in [0, 0.1) is 2.88 Å². The summed E-state index contributed by atoms with van der Waals surface area (Å²) in [7, 11) is -2.91. The molecule has 0 fully saturated rings. The topological polar surface area (TPSA) is 46.2 Å². The molecule has 0 spiro atoms. The Balaban J connectivity index is 2.07. The summed E-state index contributed by atoms with van der Waals surface area (Å²) in [5.41, 5.74) is 1.39. The van der Waals surface area contributed by atoms with Crippen LogP contribution in [-0.4, -0.2) is 26.5 Å². The van der Waals surface area contributed by atoms with Gasteiger partial charge in [0.2, 0.25) is 0 Å². The Hall–Kier alpha value is 0.340. The van der Waals surface area contributed by atoms with Gasteiger partial charge in [-0.25, -0.2) is 8.42 Å². The van der Waals surface area contributed by atoms with Gasteiger partial charge in [0.05, 0.1) is 8.64 Å². The summed E-state index contributed by atoms with van der Waals surface area (Å²) in [6.07, 6.45) is 4.76. The lowest BCUT2D eigenvalue weighted by Crippen LogP contribution is -2.36. The molecule has 0 amide bonds. The van der Waals surface area contributed by atoms with Crippen LogP contribution in [0.25, 0.3) is 0 Å². The monoisotopic (exact) mass is 399 g/mol. The number of sulfone groups is 1. The highest BCUT2D eigenvalue weighted by molar-refractivity contribution is 14.1. The van der Waals surface area contributed by atoms with E-state index in [9.17, 15) is 8.42 Å². The molecule has 102 valence electrons. The van der Waals surface area contributed by atoms with Gasteiger partial charge in [0, 0.05) is 23.2 Å². The molecule has 0 bridgehead atoms. The average Bonchev–Trinajstić information content (AvgIpc) is 2.56. The predicted octanol–water partition coefficient (Wildman–Crippen LogP) is 2.75. The van der Waals surface area contributed by atoms with Gasteiger partial charge in [-0.1, -0.05) is 0 Å². The molecule has 0 aromatic carbocycles. The van der Waals surface area contributed by atoms with Crippen molar-refractivity contribution in [1.82, 2.24) is 5.32 Å². The second-order valence-corrected chi connectivity index (χ2v) is 10.2. The average molecular weight is 399 g/mol. The van der Waals surface area contributed by atoms with E-state index in [-0.39, 0.29) is 11.8 Å². The Labute approximate surface area is 126 Å².